The molecule has 0 bridgehead atoms. The molecule has 8 nitrogen and oxygen atoms in total. The summed E-state index contributed by atoms with van der Waals surface area (Å²) in [5.74, 6) is 0.263. The van der Waals surface area contributed by atoms with Gasteiger partial charge in [-0.25, -0.2) is 8.42 Å². The standard InChI is InChI=1S/C72H100O8P2S/c1-41-33-47(65(5,6)7)55(48(34-41)66(8,9)10)59-61(57-51(69(17,18)19)37-43(3)38-52(57)70(20,21)22)64(83(77,78)46-31-29-45(30-32-46)79-81(73)74)62(58-53(71(23,24)25)39-44(4)40-54(58)72(26,27)28)60(63(59)80-82(75)76)56-49(67(11,12)13)35-42(2)36-50(56)68(14,15)16/h29-40,73-76H,1-28H3. The minimum Gasteiger partial charge on any atom is -0.427 e. The average Bonchev–Trinajstić information content (AvgIpc) is 0.833. The van der Waals surface area contributed by atoms with Gasteiger partial charge in [0, 0.05) is 22.3 Å². The SMILES string of the molecule is Cc1cc(C(C)(C)C)c(-c2c(OP(O)O)c(-c3c(C(C)(C)C)cc(C)cc3C(C)(C)C)c(-c3c(C(C)(C)C)cc(C)cc3C(C)(C)C)c(S(=O)(=O)c3ccc(OP(O)O)cc3)c2-c2c(C(C)(C)C)cc(C)cc2C(C)(C)C)c(C(C)(C)C)c1. The maximum atomic E-state index is 18.0. The van der Waals surface area contributed by atoms with E-state index >= 15 is 8.42 Å². The van der Waals surface area contributed by atoms with Crippen LogP contribution >= 0.6 is 17.2 Å². The van der Waals surface area contributed by atoms with Crippen LogP contribution in [0.25, 0.3) is 44.5 Å². The van der Waals surface area contributed by atoms with E-state index in [-0.39, 0.29) is 21.3 Å². The Morgan fingerprint density at radius 2 is 0.518 bits per heavy atom. The summed E-state index contributed by atoms with van der Waals surface area (Å²) < 4.78 is 48.7. The zero-order valence-corrected chi connectivity index (χ0v) is 58.3. The number of sulfone groups is 1. The normalized spacial score (nSPS) is 13.6. The van der Waals surface area contributed by atoms with Crippen molar-refractivity contribution in [3.05, 3.63) is 140 Å². The molecule has 0 aliphatic heterocycles. The molecule has 0 saturated carbocycles. The van der Waals surface area contributed by atoms with Crippen molar-refractivity contribution in [2.24, 2.45) is 0 Å². The Bertz CT molecular complexity index is 3240. The monoisotopic (exact) mass is 1190 g/mol. The van der Waals surface area contributed by atoms with Crippen molar-refractivity contribution in [1.82, 2.24) is 0 Å². The van der Waals surface area contributed by atoms with E-state index in [1.165, 1.54) is 24.3 Å². The number of benzene rings is 6. The number of rotatable bonds is 10. The maximum absolute atomic E-state index is 18.0. The van der Waals surface area contributed by atoms with Gasteiger partial charge >= 0.3 is 17.2 Å². The fourth-order valence-corrected chi connectivity index (χ4v) is 14.3. The van der Waals surface area contributed by atoms with Crippen molar-refractivity contribution in [2.75, 3.05) is 0 Å². The van der Waals surface area contributed by atoms with Crippen LogP contribution in [0.3, 0.4) is 0 Å². The molecule has 83 heavy (non-hydrogen) atoms. The summed E-state index contributed by atoms with van der Waals surface area (Å²) in [6.07, 6.45) is 0. The fourth-order valence-electron chi connectivity index (χ4n) is 11.9. The number of hydrogen-bond acceptors (Lipinski definition) is 8. The van der Waals surface area contributed by atoms with Crippen molar-refractivity contribution >= 4 is 27.0 Å². The highest BCUT2D eigenvalue weighted by molar-refractivity contribution is 7.91. The number of aryl methyl sites for hydroxylation is 4. The second-order valence-electron chi connectivity index (χ2n) is 31.8. The minimum absolute atomic E-state index is 0.0376. The molecule has 6 aromatic carbocycles. The van der Waals surface area contributed by atoms with Crippen LogP contribution in [0.4, 0.5) is 0 Å². The van der Waals surface area contributed by atoms with Crippen LogP contribution in [0.1, 0.15) is 233 Å². The first kappa shape index (κ1) is 67.7. The van der Waals surface area contributed by atoms with Gasteiger partial charge in [0.15, 0.2) is 0 Å². The zero-order valence-electron chi connectivity index (χ0n) is 55.7. The van der Waals surface area contributed by atoms with Gasteiger partial charge in [0.25, 0.3) is 0 Å². The van der Waals surface area contributed by atoms with Gasteiger partial charge in [-0.2, -0.15) is 0 Å². The van der Waals surface area contributed by atoms with Crippen LogP contribution in [-0.2, 0) is 53.2 Å². The molecule has 0 spiro atoms. The van der Waals surface area contributed by atoms with E-state index in [0.29, 0.717) is 33.4 Å². The molecule has 0 unspecified atom stereocenters. The molecule has 452 valence electrons. The van der Waals surface area contributed by atoms with Crippen LogP contribution in [0.15, 0.2) is 82.6 Å². The van der Waals surface area contributed by atoms with Crippen molar-refractivity contribution in [2.45, 2.75) is 247 Å². The molecule has 11 heteroatoms. The Labute approximate surface area is 503 Å². The molecule has 0 amide bonds. The summed E-state index contributed by atoms with van der Waals surface area (Å²) >= 11 is 0. The lowest BCUT2D eigenvalue weighted by atomic mass is 9.66. The highest BCUT2D eigenvalue weighted by atomic mass is 32.2. The third-order valence-electron chi connectivity index (χ3n) is 15.8. The van der Waals surface area contributed by atoms with Gasteiger partial charge < -0.3 is 28.6 Å². The van der Waals surface area contributed by atoms with Gasteiger partial charge in [0.05, 0.1) is 9.79 Å². The summed E-state index contributed by atoms with van der Waals surface area (Å²) in [7, 11) is -10.9. The molecule has 0 aromatic heterocycles. The predicted octanol–water partition coefficient (Wildman–Crippen LogP) is 20.0. The Balaban J connectivity index is 2.46. The van der Waals surface area contributed by atoms with Gasteiger partial charge in [-0.15, -0.1) is 0 Å². The molecule has 0 fully saturated rings. The van der Waals surface area contributed by atoms with E-state index in [9.17, 15) is 19.6 Å². The summed E-state index contributed by atoms with van der Waals surface area (Å²) in [4.78, 5) is 44.6. The summed E-state index contributed by atoms with van der Waals surface area (Å²) in [5.41, 5.74) is 11.2. The van der Waals surface area contributed by atoms with Gasteiger partial charge in [-0.05, 0) is 162 Å². The molecular weight excluding hydrogens is 1090 g/mol. The molecule has 0 saturated heterocycles. The lowest BCUT2D eigenvalue weighted by Crippen LogP contribution is -2.25. The quantitative estimate of drug-likeness (QED) is 0.0997. The van der Waals surface area contributed by atoms with Crippen LogP contribution in [0.5, 0.6) is 11.5 Å². The van der Waals surface area contributed by atoms with Crippen LogP contribution in [0.2, 0.25) is 0 Å². The zero-order chi connectivity index (χ0) is 63.4. The topological polar surface area (TPSA) is 134 Å². The van der Waals surface area contributed by atoms with Crippen molar-refractivity contribution in [3.8, 4) is 56.0 Å². The summed E-state index contributed by atoms with van der Waals surface area (Å²) in [6.45, 7) is 60.7. The predicted molar refractivity (Wildman–Crippen MR) is 353 cm³/mol. The van der Waals surface area contributed by atoms with Crippen molar-refractivity contribution < 1.29 is 37.0 Å². The first-order valence-electron chi connectivity index (χ1n) is 29.3. The van der Waals surface area contributed by atoms with Crippen molar-refractivity contribution in [3.63, 3.8) is 0 Å². The smallest absolute Gasteiger partial charge is 0.391 e. The highest BCUT2D eigenvalue weighted by Crippen LogP contribution is 2.64. The summed E-state index contributed by atoms with van der Waals surface area (Å²) in [6, 6.07) is 23.6. The molecule has 4 N–H and O–H groups in total. The van der Waals surface area contributed by atoms with E-state index in [0.717, 1.165) is 77.9 Å². The number of hydrogen-bond donors (Lipinski definition) is 4. The van der Waals surface area contributed by atoms with E-state index < -0.39 is 70.4 Å². The van der Waals surface area contributed by atoms with Gasteiger partial charge in [-0.3, -0.25) is 0 Å². The lowest BCUT2D eigenvalue weighted by Gasteiger charge is -2.40. The second-order valence-corrected chi connectivity index (χ2v) is 35.0. The second kappa shape index (κ2) is 22.7. The van der Waals surface area contributed by atoms with Gasteiger partial charge in [-0.1, -0.05) is 237 Å². The third-order valence-corrected chi connectivity index (χ3v) is 18.3. The Morgan fingerprint density at radius 1 is 0.313 bits per heavy atom. The Morgan fingerprint density at radius 3 is 0.711 bits per heavy atom. The molecule has 0 heterocycles. The average molecular weight is 1190 g/mol. The lowest BCUT2D eigenvalue weighted by molar-refractivity contribution is 0.374. The first-order valence-corrected chi connectivity index (χ1v) is 33.1. The molecule has 0 aliphatic rings. The van der Waals surface area contributed by atoms with Gasteiger partial charge in [0.1, 0.15) is 11.5 Å². The molecule has 6 aromatic rings. The van der Waals surface area contributed by atoms with Crippen LogP contribution in [-0.4, -0.2) is 28.0 Å². The van der Waals surface area contributed by atoms with Crippen LogP contribution < -0.4 is 9.05 Å². The van der Waals surface area contributed by atoms with E-state index in [1.54, 1.807) is 0 Å². The third kappa shape index (κ3) is 14.0. The van der Waals surface area contributed by atoms with Crippen molar-refractivity contribution in [1.29, 1.82) is 0 Å². The van der Waals surface area contributed by atoms with Gasteiger partial charge in [0.2, 0.25) is 9.84 Å². The Hall–Kier alpha value is -4.43. The van der Waals surface area contributed by atoms with Crippen LogP contribution in [0, 0.1) is 27.7 Å². The first-order chi connectivity index (χ1) is 37.3. The molecule has 0 atom stereocenters. The summed E-state index contributed by atoms with van der Waals surface area (Å²) in [5, 5.41) is 0. The molecule has 0 radical (unpaired) electrons. The fraction of sp³-hybridized carbons (Fsp3) is 0.500. The largest absolute Gasteiger partial charge is 0.427 e. The molecule has 6 rings (SSSR count). The minimum atomic E-state index is -4.88. The Kier molecular flexibility index (Phi) is 18.5. The van der Waals surface area contributed by atoms with E-state index in [2.05, 4.69) is 242 Å². The van der Waals surface area contributed by atoms with E-state index in [1.807, 2.05) is 0 Å². The maximum Gasteiger partial charge on any atom is 0.391 e. The molecular formula is C72H100O8P2S. The highest BCUT2D eigenvalue weighted by Gasteiger charge is 2.46. The van der Waals surface area contributed by atoms with E-state index in [4.69, 9.17) is 9.05 Å². The molecule has 0 aliphatic carbocycles.